The zero-order chi connectivity index (χ0) is 10.6. The van der Waals surface area contributed by atoms with Crippen molar-refractivity contribution in [1.29, 1.82) is 0 Å². The number of esters is 1. The van der Waals surface area contributed by atoms with Crippen LogP contribution in [0.3, 0.4) is 0 Å². The van der Waals surface area contributed by atoms with Gasteiger partial charge in [0.1, 0.15) is 0 Å². The number of benzene rings is 1. The summed E-state index contributed by atoms with van der Waals surface area (Å²) in [6.07, 6.45) is 0.692. The lowest BCUT2D eigenvalue weighted by atomic mass is 10.1. The number of nitrogen functional groups attached to an aromatic ring is 1. The molecular weight excluding hydrogens is 246 g/mol. The van der Waals surface area contributed by atoms with Crippen LogP contribution in [0.4, 0.5) is 5.69 Å². The van der Waals surface area contributed by atoms with Crippen LogP contribution in [0.15, 0.2) is 22.7 Å². The minimum Gasteiger partial charge on any atom is -0.466 e. The molecule has 0 fully saturated rings. The van der Waals surface area contributed by atoms with E-state index < -0.39 is 0 Å². The molecule has 0 spiro atoms. The van der Waals surface area contributed by atoms with Crippen LogP contribution in [0.25, 0.3) is 0 Å². The summed E-state index contributed by atoms with van der Waals surface area (Å²) in [5, 5.41) is 0. The van der Waals surface area contributed by atoms with E-state index in [1.807, 2.05) is 18.2 Å². The lowest BCUT2D eigenvalue weighted by molar-refractivity contribution is -0.140. The zero-order valence-corrected chi connectivity index (χ0v) is 9.50. The second-order valence-corrected chi connectivity index (χ2v) is 3.80. The van der Waals surface area contributed by atoms with Gasteiger partial charge < -0.3 is 10.5 Å². The molecule has 0 saturated heterocycles. The molecule has 0 bridgehead atoms. The number of hydrogen-bond donors (Lipinski definition) is 1. The molecule has 3 nitrogen and oxygen atoms in total. The molecule has 1 rings (SSSR count). The van der Waals surface area contributed by atoms with Crippen LogP contribution in [-0.4, -0.2) is 12.6 Å². The van der Waals surface area contributed by atoms with Gasteiger partial charge in [-0.15, -0.1) is 0 Å². The topological polar surface area (TPSA) is 52.3 Å². The van der Waals surface area contributed by atoms with E-state index in [1.165, 1.54) is 6.92 Å². The summed E-state index contributed by atoms with van der Waals surface area (Å²) < 4.78 is 5.71. The fraction of sp³-hybridized carbons (Fsp3) is 0.300. The average Bonchev–Trinajstić information content (AvgIpc) is 2.10. The van der Waals surface area contributed by atoms with Gasteiger partial charge in [-0.05, 0) is 33.6 Å². The lowest BCUT2D eigenvalue weighted by Crippen LogP contribution is -2.03. The molecule has 0 amide bonds. The number of ether oxygens (including phenoxy) is 1. The van der Waals surface area contributed by atoms with E-state index in [2.05, 4.69) is 15.9 Å². The van der Waals surface area contributed by atoms with Crippen LogP contribution in [0.5, 0.6) is 0 Å². The van der Waals surface area contributed by atoms with Crippen LogP contribution < -0.4 is 5.73 Å². The molecule has 0 aliphatic rings. The van der Waals surface area contributed by atoms with Crippen molar-refractivity contribution in [2.75, 3.05) is 12.3 Å². The highest BCUT2D eigenvalue weighted by molar-refractivity contribution is 9.10. The molecule has 2 N–H and O–H groups in total. The SMILES string of the molecule is CC(=O)OCCc1ccc(Br)c(N)c1. The molecule has 4 heteroatoms. The van der Waals surface area contributed by atoms with Crippen LogP contribution in [0, 0.1) is 0 Å². The van der Waals surface area contributed by atoms with Gasteiger partial charge in [-0.25, -0.2) is 0 Å². The highest BCUT2D eigenvalue weighted by Gasteiger charge is 1.99. The predicted octanol–water partition coefficient (Wildman–Crippen LogP) is 2.14. The summed E-state index contributed by atoms with van der Waals surface area (Å²) in [5.41, 5.74) is 7.46. The molecule has 0 aromatic heterocycles. The molecule has 0 saturated carbocycles. The van der Waals surface area contributed by atoms with Crippen molar-refractivity contribution < 1.29 is 9.53 Å². The van der Waals surface area contributed by atoms with Gasteiger partial charge in [0.2, 0.25) is 0 Å². The fourth-order valence-corrected chi connectivity index (χ4v) is 1.31. The Morgan fingerprint density at radius 3 is 2.86 bits per heavy atom. The fourth-order valence-electron chi connectivity index (χ4n) is 1.06. The van der Waals surface area contributed by atoms with Crippen LogP contribution >= 0.6 is 15.9 Å². The van der Waals surface area contributed by atoms with Crippen molar-refractivity contribution in [2.45, 2.75) is 13.3 Å². The summed E-state index contributed by atoms with van der Waals surface area (Å²) in [4.78, 5) is 10.5. The Morgan fingerprint density at radius 1 is 1.57 bits per heavy atom. The van der Waals surface area contributed by atoms with E-state index >= 15 is 0 Å². The smallest absolute Gasteiger partial charge is 0.302 e. The Hall–Kier alpha value is -1.03. The first-order chi connectivity index (χ1) is 6.59. The van der Waals surface area contributed by atoms with E-state index in [0.717, 1.165) is 10.0 Å². The summed E-state index contributed by atoms with van der Waals surface area (Å²) in [6.45, 7) is 1.80. The maximum atomic E-state index is 10.5. The summed E-state index contributed by atoms with van der Waals surface area (Å²) in [5.74, 6) is -0.255. The standard InChI is InChI=1S/C10H12BrNO2/c1-7(13)14-5-4-8-2-3-9(11)10(12)6-8/h2-3,6H,4-5,12H2,1H3. The first kappa shape index (κ1) is 11.0. The monoisotopic (exact) mass is 257 g/mol. The van der Waals surface area contributed by atoms with Gasteiger partial charge in [0, 0.05) is 23.5 Å². The summed E-state index contributed by atoms with van der Waals surface area (Å²) in [7, 11) is 0. The first-order valence-corrected chi connectivity index (χ1v) is 5.06. The van der Waals surface area contributed by atoms with Crippen molar-refractivity contribution >= 4 is 27.6 Å². The van der Waals surface area contributed by atoms with Crippen molar-refractivity contribution in [1.82, 2.24) is 0 Å². The zero-order valence-electron chi connectivity index (χ0n) is 7.92. The lowest BCUT2D eigenvalue weighted by Gasteiger charge is -2.04. The Bertz CT molecular complexity index is 339. The number of carbonyl (C=O) groups excluding carboxylic acids is 1. The molecule has 0 aliphatic carbocycles. The molecule has 14 heavy (non-hydrogen) atoms. The Morgan fingerprint density at radius 2 is 2.29 bits per heavy atom. The van der Waals surface area contributed by atoms with Crippen molar-refractivity contribution in [2.24, 2.45) is 0 Å². The maximum Gasteiger partial charge on any atom is 0.302 e. The Labute approximate surface area is 91.4 Å². The molecular formula is C10H12BrNO2. The molecule has 1 aromatic carbocycles. The van der Waals surface area contributed by atoms with Gasteiger partial charge in [0.25, 0.3) is 0 Å². The molecule has 0 aliphatic heterocycles. The quantitative estimate of drug-likeness (QED) is 0.667. The van der Waals surface area contributed by atoms with Gasteiger partial charge in [-0.2, -0.15) is 0 Å². The highest BCUT2D eigenvalue weighted by atomic mass is 79.9. The van der Waals surface area contributed by atoms with E-state index in [4.69, 9.17) is 10.5 Å². The third-order valence-corrected chi connectivity index (χ3v) is 2.48. The van der Waals surface area contributed by atoms with Gasteiger partial charge in [-0.1, -0.05) is 6.07 Å². The normalized spacial score (nSPS) is 9.86. The van der Waals surface area contributed by atoms with Gasteiger partial charge in [0.15, 0.2) is 0 Å². The summed E-state index contributed by atoms with van der Waals surface area (Å²) in [6, 6.07) is 5.70. The van der Waals surface area contributed by atoms with Crippen molar-refractivity contribution in [3.63, 3.8) is 0 Å². The molecule has 76 valence electrons. The van der Waals surface area contributed by atoms with E-state index in [1.54, 1.807) is 0 Å². The van der Waals surface area contributed by atoms with Crippen molar-refractivity contribution in [3.8, 4) is 0 Å². The van der Waals surface area contributed by atoms with Crippen LogP contribution in [0.1, 0.15) is 12.5 Å². The van der Waals surface area contributed by atoms with E-state index in [0.29, 0.717) is 18.7 Å². The van der Waals surface area contributed by atoms with E-state index in [-0.39, 0.29) is 5.97 Å². The highest BCUT2D eigenvalue weighted by Crippen LogP contribution is 2.20. The number of carbonyl (C=O) groups is 1. The Kier molecular flexibility index (Phi) is 3.95. The summed E-state index contributed by atoms with van der Waals surface area (Å²) >= 11 is 3.31. The molecule has 1 aromatic rings. The van der Waals surface area contributed by atoms with Gasteiger partial charge in [-0.3, -0.25) is 4.79 Å². The molecule has 0 atom stereocenters. The minimum atomic E-state index is -0.255. The minimum absolute atomic E-state index is 0.255. The Balaban J connectivity index is 2.51. The third kappa shape index (κ3) is 3.38. The van der Waals surface area contributed by atoms with Crippen LogP contribution in [0.2, 0.25) is 0 Å². The second-order valence-electron chi connectivity index (χ2n) is 2.95. The number of halogens is 1. The first-order valence-electron chi connectivity index (χ1n) is 4.27. The molecule has 0 radical (unpaired) electrons. The number of hydrogen-bond acceptors (Lipinski definition) is 3. The average molecular weight is 258 g/mol. The largest absolute Gasteiger partial charge is 0.466 e. The predicted molar refractivity (Wildman–Crippen MR) is 58.9 cm³/mol. The van der Waals surface area contributed by atoms with E-state index in [9.17, 15) is 4.79 Å². The van der Waals surface area contributed by atoms with Gasteiger partial charge >= 0.3 is 5.97 Å². The molecule has 0 unspecified atom stereocenters. The van der Waals surface area contributed by atoms with Gasteiger partial charge in [0.05, 0.1) is 6.61 Å². The number of anilines is 1. The van der Waals surface area contributed by atoms with Crippen LogP contribution in [-0.2, 0) is 16.0 Å². The maximum absolute atomic E-state index is 10.5. The second kappa shape index (κ2) is 5.00. The number of nitrogens with two attached hydrogens (primary N) is 1. The number of rotatable bonds is 3. The molecule has 0 heterocycles. The third-order valence-electron chi connectivity index (χ3n) is 1.76. The van der Waals surface area contributed by atoms with Crippen molar-refractivity contribution in [3.05, 3.63) is 28.2 Å².